The van der Waals surface area contributed by atoms with E-state index < -0.39 is 0 Å². The van der Waals surface area contributed by atoms with Crippen molar-refractivity contribution in [2.75, 3.05) is 0 Å². The molecule has 0 bridgehead atoms. The molecule has 0 saturated carbocycles. The van der Waals surface area contributed by atoms with E-state index in [9.17, 15) is 4.79 Å². The topological polar surface area (TPSA) is 58.0 Å². The smallest absolute Gasteiger partial charge is 0.254 e. The molecular weight excluding hydrogens is 376 g/mol. The van der Waals surface area contributed by atoms with Crippen LogP contribution in [0.15, 0.2) is 63.6 Å². The number of halogens is 1. The number of benzene rings is 1. The molecule has 0 saturated heterocycles. The van der Waals surface area contributed by atoms with E-state index in [4.69, 9.17) is 16.6 Å². The van der Waals surface area contributed by atoms with Crippen molar-refractivity contribution in [2.24, 2.45) is 0 Å². The fourth-order valence-corrected chi connectivity index (χ4v) is 2.60. The largest absolute Gasteiger partial charge is 0.459 e. The number of nitrogens with one attached hydrogen (secondary N) is 2. The van der Waals surface area contributed by atoms with Crippen LogP contribution in [0.4, 0.5) is 0 Å². The predicted molar refractivity (Wildman–Crippen MR) is 94.6 cm³/mol. The van der Waals surface area contributed by atoms with Crippen LogP contribution in [-0.2, 0) is 6.54 Å². The van der Waals surface area contributed by atoms with Crippen LogP contribution >= 0.6 is 28.1 Å². The van der Waals surface area contributed by atoms with Gasteiger partial charge in [-0.1, -0.05) is 40.3 Å². The molecule has 6 heteroatoms. The minimum absolute atomic E-state index is 0.228. The molecule has 0 atom stereocenters. The Hall–Kier alpha value is -2.18. The van der Waals surface area contributed by atoms with Gasteiger partial charge in [0.2, 0.25) is 0 Å². The molecule has 23 heavy (non-hydrogen) atoms. The Morgan fingerprint density at radius 2 is 1.96 bits per heavy atom. The summed E-state index contributed by atoms with van der Waals surface area (Å²) in [4.78, 5) is 14.9. The van der Waals surface area contributed by atoms with Gasteiger partial charge in [0, 0.05) is 16.2 Å². The summed E-state index contributed by atoms with van der Waals surface area (Å²) in [6, 6.07) is 15.0. The van der Waals surface area contributed by atoms with Crippen LogP contribution in [0.3, 0.4) is 0 Å². The summed E-state index contributed by atoms with van der Waals surface area (Å²) in [6.07, 6.45) is 1.69. The van der Waals surface area contributed by atoms with Crippen molar-refractivity contribution >= 4 is 34.1 Å². The van der Waals surface area contributed by atoms with Crippen LogP contribution < -0.4 is 5.32 Å². The lowest BCUT2D eigenvalue weighted by Crippen LogP contribution is -2.23. The molecule has 3 rings (SSSR count). The highest BCUT2D eigenvalue weighted by Crippen LogP contribution is 2.23. The molecule has 116 valence electrons. The maximum atomic E-state index is 12.1. The van der Waals surface area contributed by atoms with Crippen LogP contribution in [0.25, 0.3) is 11.3 Å². The first-order valence-electron chi connectivity index (χ1n) is 6.94. The van der Waals surface area contributed by atoms with Gasteiger partial charge in [-0.25, -0.2) is 0 Å². The van der Waals surface area contributed by atoms with E-state index in [1.165, 1.54) is 0 Å². The lowest BCUT2D eigenvalue weighted by Gasteiger charge is -2.03. The van der Waals surface area contributed by atoms with E-state index in [1.807, 2.05) is 36.4 Å². The Kier molecular flexibility index (Phi) is 4.73. The van der Waals surface area contributed by atoms with Gasteiger partial charge in [0.05, 0.1) is 12.1 Å². The summed E-state index contributed by atoms with van der Waals surface area (Å²) in [5, 5.41) is 2.80. The Morgan fingerprint density at radius 1 is 1.17 bits per heavy atom. The molecule has 4 nitrogen and oxygen atoms in total. The monoisotopic (exact) mass is 388 g/mol. The molecule has 0 unspecified atom stereocenters. The van der Waals surface area contributed by atoms with Gasteiger partial charge in [-0.05, 0) is 36.4 Å². The molecule has 2 heterocycles. The maximum absolute atomic E-state index is 12.1. The van der Waals surface area contributed by atoms with Crippen molar-refractivity contribution in [3.05, 3.63) is 75.2 Å². The molecule has 2 aromatic heterocycles. The summed E-state index contributed by atoms with van der Waals surface area (Å²) < 4.78 is 7.19. The van der Waals surface area contributed by atoms with Crippen molar-refractivity contribution < 1.29 is 9.21 Å². The zero-order chi connectivity index (χ0) is 16.2. The van der Waals surface area contributed by atoms with Crippen molar-refractivity contribution in [1.82, 2.24) is 10.3 Å². The summed E-state index contributed by atoms with van der Waals surface area (Å²) in [6.45, 7) is 0.305. The number of hydrogen-bond acceptors (Lipinski definition) is 3. The number of H-pyrrole nitrogens is 1. The Balaban J connectivity index is 1.68. The number of hydrogen-bond donors (Lipinski definition) is 2. The number of amides is 1. The highest BCUT2D eigenvalue weighted by atomic mass is 79.9. The van der Waals surface area contributed by atoms with Crippen LogP contribution in [-0.4, -0.2) is 10.9 Å². The fraction of sp³-hybridized carbons (Fsp3) is 0.0588. The van der Waals surface area contributed by atoms with E-state index in [0.717, 1.165) is 15.8 Å². The van der Waals surface area contributed by atoms with Gasteiger partial charge in [0.25, 0.3) is 5.91 Å². The fourth-order valence-electron chi connectivity index (χ4n) is 2.11. The van der Waals surface area contributed by atoms with Crippen LogP contribution in [0, 0.1) is 4.64 Å². The van der Waals surface area contributed by atoms with E-state index in [1.54, 1.807) is 18.3 Å². The number of rotatable bonds is 4. The standard InChI is InChI=1S/C17H13BrN2O2S/c18-12-5-3-11(4-6-12)15-8-7-13(22-15)10-20-16(21)14-2-1-9-19-17(14)23/h1-9H,10H2,(H,19,23)(H,20,21). The second-order valence-electron chi connectivity index (χ2n) is 4.87. The first kappa shape index (κ1) is 15.7. The minimum Gasteiger partial charge on any atom is -0.459 e. The SMILES string of the molecule is O=C(NCc1ccc(-c2ccc(Br)cc2)o1)c1ccc[nH]c1=S. The van der Waals surface area contributed by atoms with Gasteiger partial charge in [-0.2, -0.15) is 0 Å². The zero-order valence-electron chi connectivity index (χ0n) is 12.0. The second-order valence-corrected chi connectivity index (χ2v) is 6.19. The summed E-state index contributed by atoms with van der Waals surface area (Å²) >= 11 is 8.50. The van der Waals surface area contributed by atoms with Gasteiger partial charge in [0.15, 0.2) is 0 Å². The molecule has 2 N–H and O–H groups in total. The Labute approximate surface area is 146 Å². The maximum Gasteiger partial charge on any atom is 0.254 e. The number of carbonyl (C=O) groups excluding carboxylic acids is 1. The second kappa shape index (κ2) is 6.93. The van der Waals surface area contributed by atoms with Gasteiger partial charge in [-0.3, -0.25) is 4.79 Å². The average molecular weight is 389 g/mol. The molecule has 0 spiro atoms. The summed E-state index contributed by atoms with van der Waals surface area (Å²) in [7, 11) is 0. The zero-order valence-corrected chi connectivity index (χ0v) is 14.4. The van der Waals surface area contributed by atoms with Gasteiger partial charge >= 0.3 is 0 Å². The summed E-state index contributed by atoms with van der Waals surface area (Å²) in [5.74, 6) is 1.22. The van der Waals surface area contributed by atoms with Crippen LogP contribution in [0.1, 0.15) is 16.1 Å². The van der Waals surface area contributed by atoms with Gasteiger partial charge in [-0.15, -0.1) is 0 Å². The third-order valence-electron chi connectivity index (χ3n) is 3.28. The number of aromatic amines is 1. The first-order chi connectivity index (χ1) is 11.1. The molecule has 1 aromatic carbocycles. The number of pyridine rings is 1. The number of carbonyl (C=O) groups is 1. The lowest BCUT2D eigenvalue weighted by atomic mass is 10.2. The molecule has 0 radical (unpaired) electrons. The summed E-state index contributed by atoms with van der Waals surface area (Å²) in [5.41, 5.74) is 1.43. The highest BCUT2D eigenvalue weighted by Gasteiger charge is 2.09. The molecular formula is C17H13BrN2O2S. The molecule has 0 aliphatic carbocycles. The van der Waals surface area contributed by atoms with Crippen molar-refractivity contribution in [2.45, 2.75) is 6.54 Å². The first-order valence-corrected chi connectivity index (χ1v) is 8.14. The van der Waals surface area contributed by atoms with Gasteiger partial charge < -0.3 is 14.7 Å². The quantitative estimate of drug-likeness (QED) is 0.636. The Morgan fingerprint density at radius 3 is 2.70 bits per heavy atom. The van der Waals surface area contributed by atoms with Crippen molar-refractivity contribution in [1.29, 1.82) is 0 Å². The van der Waals surface area contributed by atoms with E-state index in [0.29, 0.717) is 22.5 Å². The molecule has 0 aliphatic rings. The number of aromatic nitrogens is 1. The van der Waals surface area contributed by atoms with Gasteiger partial charge in [0.1, 0.15) is 16.2 Å². The van der Waals surface area contributed by atoms with Crippen molar-refractivity contribution in [3.63, 3.8) is 0 Å². The molecule has 0 aliphatic heterocycles. The molecule has 3 aromatic rings. The Bertz CT molecular complexity index is 884. The molecule has 1 amide bonds. The van der Waals surface area contributed by atoms with E-state index >= 15 is 0 Å². The predicted octanol–water partition coefficient (Wildman–Crippen LogP) is 4.70. The molecule has 0 fully saturated rings. The highest BCUT2D eigenvalue weighted by molar-refractivity contribution is 9.10. The van der Waals surface area contributed by atoms with Crippen molar-refractivity contribution in [3.8, 4) is 11.3 Å². The average Bonchev–Trinajstić information content (AvgIpc) is 3.03. The van der Waals surface area contributed by atoms with Crippen LogP contribution in [0.2, 0.25) is 0 Å². The minimum atomic E-state index is -0.228. The normalized spacial score (nSPS) is 10.5. The number of furan rings is 1. The lowest BCUT2D eigenvalue weighted by molar-refractivity contribution is 0.0947. The van der Waals surface area contributed by atoms with Crippen LogP contribution in [0.5, 0.6) is 0 Å². The van der Waals surface area contributed by atoms with E-state index in [-0.39, 0.29) is 5.91 Å². The van der Waals surface area contributed by atoms with E-state index in [2.05, 4.69) is 26.2 Å². The third kappa shape index (κ3) is 3.78. The third-order valence-corrected chi connectivity index (χ3v) is 4.14.